The molecule has 118 valence electrons. The van der Waals surface area contributed by atoms with E-state index in [1.54, 1.807) is 19.3 Å². The number of nitrogens with zero attached hydrogens (tertiary/aromatic N) is 1. The Labute approximate surface area is 129 Å². The van der Waals surface area contributed by atoms with Crippen LogP contribution >= 0.6 is 0 Å². The highest BCUT2D eigenvalue weighted by atomic mass is 28.4. The minimum atomic E-state index is -1.80. The molecule has 1 amide bonds. The molecule has 0 aliphatic heterocycles. The number of nitrogens with one attached hydrogen (secondary N) is 1. The fraction of sp³-hybridized carbons (Fsp3) is 0.625. The van der Waals surface area contributed by atoms with Gasteiger partial charge in [-0.15, -0.1) is 0 Å². The van der Waals surface area contributed by atoms with Crippen LogP contribution in [-0.2, 0) is 15.6 Å². The monoisotopic (exact) mass is 308 g/mol. The molecule has 1 heterocycles. The van der Waals surface area contributed by atoms with Gasteiger partial charge < -0.3 is 9.74 Å². The molecular formula is C16H28N2O2Si. The number of carbonyl (C=O) groups excluding carboxylic acids is 1. The first kappa shape index (κ1) is 17.8. The van der Waals surface area contributed by atoms with Gasteiger partial charge in [-0.25, -0.2) is 0 Å². The second kappa shape index (κ2) is 7.18. The minimum absolute atomic E-state index is 0.000903. The molecule has 0 fully saturated rings. The second-order valence-electron chi connectivity index (χ2n) is 7.03. The zero-order valence-electron chi connectivity index (χ0n) is 14.1. The molecule has 0 spiro atoms. The maximum atomic E-state index is 11.4. The van der Waals surface area contributed by atoms with Gasteiger partial charge in [0.25, 0.3) is 0 Å². The molecule has 1 aromatic rings. The van der Waals surface area contributed by atoms with Crippen molar-refractivity contribution in [3.63, 3.8) is 0 Å². The van der Waals surface area contributed by atoms with E-state index in [4.69, 9.17) is 4.43 Å². The summed E-state index contributed by atoms with van der Waals surface area (Å²) in [5.74, 6) is -0.0205. The highest BCUT2D eigenvalue weighted by molar-refractivity contribution is 6.74. The molecule has 0 saturated carbocycles. The number of hydrogen-bond donors (Lipinski definition) is 1. The largest absolute Gasteiger partial charge is 0.415 e. The van der Waals surface area contributed by atoms with Crippen LogP contribution in [0.3, 0.4) is 0 Å². The van der Waals surface area contributed by atoms with E-state index < -0.39 is 8.32 Å². The number of carbonyl (C=O) groups is 1. The van der Waals surface area contributed by atoms with Crippen LogP contribution < -0.4 is 5.32 Å². The Morgan fingerprint density at radius 3 is 2.38 bits per heavy atom. The van der Waals surface area contributed by atoms with Crippen molar-refractivity contribution in [1.82, 2.24) is 10.3 Å². The molecule has 1 unspecified atom stereocenters. The third-order valence-electron chi connectivity index (χ3n) is 4.09. The van der Waals surface area contributed by atoms with Gasteiger partial charge in [0.05, 0.1) is 12.6 Å². The lowest BCUT2D eigenvalue weighted by atomic mass is 10.1. The second-order valence-corrected chi connectivity index (χ2v) is 11.8. The number of hydrogen-bond acceptors (Lipinski definition) is 3. The van der Waals surface area contributed by atoms with Gasteiger partial charge in [0, 0.05) is 19.3 Å². The zero-order valence-corrected chi connectivity index (χ0v) is 15.1. The first-order valence-corrected chi connectivity index (χ1v) is 10.3. The first-order valence-electron chi connectivity index (χ1n) is 7.42. The molecule has 4 nitrogen and oxygen atoms in total. The SMILES string of the molecule is CC(=O)NC(CO[Si](C)(C)C(C)(C)C)Cc1ccncc1. The van der Waals surface area contributed by atoms with E-state index in [9.17, 15) is 4.79 Å². The molecule has 0 aliphatic carbocycles. The summed E-state index contributed by atoms with van der Waals surface area (Å²) in [4.78, 5) is 15.4. The fourth-order valence-electron chi connectivity index (χ4n) is 1.77. The quantitative estimate of drug-likeness (QED) is 0.821. The molecule has 21 heavy (non-hydrogen) atoms. The molecule has 1 aromatic heterocycles. The summed E-state index contributed by atoms with van der Waals surface area (Å²) in [7, 11) is -1.80. The van der Waals surface area contributed by atoms with Gasteiger partial charge in [-0.1, -0.05) is 20.8 Å². The molecule has 1 atom stereocenters. The molecule has 0 bridgehead atoms. The van der Waals surface area contributed by atoms with E-state index in [-0.39, 0.29) is 17.0 Å². The Hall–Kier alpha value is -1.20. The van der Waals surface area contributed by atoms with Crippen molar-refractivity contribution in [3.05, 3.63) is 30.1 Å². The molecule has 0 aromatic carbocycles. The van der Waals surface area contributed by atoms with Gasteiger partial charge in [0.2, 0.25) is 5.91 Å². The summed E-state index contributed by atoms with van der Waals surface area (Å²) < 4.78 is 6.24. The highest BCUT2D eigenvalue weighted by Gasteiger charge is 2.37. The fourth-order valence-corrected chi connectivity index (χ4v) is 2.82. The minimum Gasteiger partial charge on any atom is -0.415 e. The number of pyridine rings is 1. The predicted molar refractivity (Wildman–Crippen MR) is 88.7 cm³/mol. The van der Waals surface area contributed by atoms with Crippen LogP contribution in [0.1, 0.15) is 33.3 Å². The normalized spacial score (nSPS) is 13.8. The lowest BCUT2D eigenvalue weighted by Crippen LogP contribution is -2.46. The van der Waals surface area contributed by atoms with Gasteiger partial charge in [-0.2, -0.15) is 0 Å². The standard InChI is InChI=1S/C16H28N2O2Si/c1-13(19)18-15(11-14-7-9-17-10-8-14)12-20-21(5,6)16(2,3)4/h7-10,15H,11-12H2,1-6H3,(H,18,19). The molecule has 0 saturated heterocycles. The number of aromatic nitrogens is 1. The van der Waals surface area contributed by atoms with E-state index in [0.29, 0.717) is 6.61 Å². The lowest BCUT2D eigenvalue weighted by Gasteiger charge is -2.37. The summed E-state index contributed by atoms with van der Waals surface area (Å²) in [6.45, 7) is 13.2. The van der Waals surface area contributed by atoms with Crippen LogP contribution in [0.2, 0.25) is 18.1 Å². The lowest BCUT2D eigenvalue weighted by molar-refractivity contribution is -0.119. The van der Waals surface area contributed by atoms with Crippen LogP contribution in [0.5, 0.6) is 0 Å². The molecule has 1 rings (SSSR count). The van der Waals surface area contributed by atoms with Gasteiger partial charge in [-0.05, 0) is 42.2 Å². The van der Waals surface area contributed by atoms with Crippen molar-refractivity contribution < 1.29 is 9.22 Å². The maximum absolute atomic E-state index is 11.4. The predicted octanol–water partition coefficient (Wildman–Crippen LogP) is 3.15. The molecule has 1 N–H and O–H groups in total. The van der Waals surface area contributed by atoms with Crippen LogP contribution in [0.4, 0.5) is 0 Å². The van der Waals surface area contributed by atoms with Crippen molar-refractivity contribution in [3.8, 4) is 0 Å². The average molecular weight is 308 g/mol. The van der Waals surface area contributed by atoms with Gasteiger partial charge in [0.15, 0.2) is 8.32 Å². The summed E-state index contributed by atoms with van der Waals surface area (Å²) in [6.07, 6.45) is 4.31. The van der Waals surface area contributed by atoms with Crippen LogP contribution in [0.25, 0.3) is 0 Å². The summed E-state index contributed by atoms with van der Waals surface area (Å²) in [5, 5.41) is 3.16. The Morgan fingerprint density at radius 1 is 1.33 bits per heavy atom. The summed E-state index contributed by atoms with van der Waals surface area (Å²) in [5.41, 5.74) is 1.16. The topological polar surface area (TPSA) is 51.2 Å². The van der Waals surface area contributed by atoms with E-state index in [1.165, 1.54) is 0 Å². The molecule has 0 aliphatic rings. The Balaban J connectivity index is 2.69. The Bertz CT molecular complexity index is 455. The molecule has 5 heteroatoms. The first-order chi connectivity index (χ1) is 9.62. The number of rotatable bonds is 6. The van der Waals surface area contributed by atoms with E-state index in [2.05, 4.69) is 44.2 Å². The van der Waals surface area contributed by atoms with Crippen molar-refractivity contribution in [2.24, 2.45) is 0 Å². The van der Waals surface area contributed by atoms with Crippen molar-refractivity contribution in [1.29, 1.82) is 0 Å². The van der Waals surface area contributed by atoms with Crippen LogP contribution in [0, 0.1) is 0 Å². The van der Waals surface area contributed by atoms with Crippen LogP contribution in [-0.4, -0.2) is 31.9 Å². The van der Waals surface area contributed by atoms with Gasteiger partial charge in [0.1, 0.15) is 0 Å². The summed E-state index contributed by atoms with van der Waals surface area (Å²) >= 11 is 0. The average Bonchev–Trinajstić information content (AvgIpc) is 2.35. The van der Waals surface area contributed by atoms with Crippen molar-refractivity contribution >= 4 is 14.2 Å². The number of amides is 1. The third kappa shape index (κ3) is 5.97. The smallest absolute Gasteiger partial charge is 0.217 e. The third-order valence-corrected chi connectivity index (χ3v) is 8.59. The van der Waals surface area contributed by atoms with E-state index in [0.717, 1.165) is 12.0 Å². The van der Waals surface area contributed by atoms with Crippen molar-refractivity contribution in [2.45, 2.75) is 58.3 Å². The highest BCUT2D eigenvalue weighted by Crippen LogP contribution is 2.36. The summed E-state index contributed by atoms with van der Waals surface area (Å²) in [6, 6.07) is 3.95. The maximum Gasteiger partial charge on any atom is 0.217 e. The van der Waals surface area contributed by atoms with Crippen molar-refractivity contribution in [2.75, 3.05) is 6.61 Å². The molecule has 0 radical (unpaired) electrons. The zero-order chi connectivity index (χ0) is 16.1. The van der Waals surface area contributed by atoms with E-state index in [1.807, 2.05) is 12.1 Å². The van der Waals surface area contributed by atoms with Gasteiger partial charge >= 0.3 is 0 Å². The Kier molecular flexibility index (Phi) is 6.10. The Morgan fingerprint density at radius 2 is 1.90 bits per heavy atom. The van der Waals surface area contributed by atoms with Crippen LogP contribution in [0.15, 0.2) is 24.5 Å². The van der Waals surface area contributed by atoms with E-state index >= 15 is 0 Å². The van der Waals surface area contributed by atoms with Gasteiger partial charge in [-0.3, -0.25) is 9.78 Å². The molecular weight excluding hydrogens is 280 g/mol.